The molecule has 0 saturated heterocycles. The van der Waals surface area contributed by atoms with Crippen LogP contribution in [0, 0.1) is 0 Å². The molecule has 5 nitrogen and oxygen atoms in total. The number of phenols is 1. The van der Waals surface area contributed by atoms with Crippen LogP contribution in [0.25, 0.3) is 0 Å². The van der Waals surface area contributed by atoms with Gasteiger partial charge in [-0.15, -0.1) is 0 Å². The quantitative estimate of drug-likeness (QED) is 0.885. The summed E-state index contributed by atoms with van der Waals surface area (Å²) in [6, 6.07) is 9.67. The zero-order chi connectivity index (χ0) is 15.4. The van der Waals surface area contributed by atoms with Crippen molar-refractivity contribution in [2.24, 2.45) is 0 Å². The van der Waals surface area contributed by atoms with Crippen molar-refractivity contribution in [3.05, 3.63) is 46.4 Å². The van der Waals surface area contributed by atoms with Crippen LogP contribution in [0.4, 0.5) is 5.69 Å². The van der Waals surface area contributed by atoms with Crippen LogP contribution in [0.1, 0.15) is 10.4 Å². The number of halogens is 1. The number of phenolic OH excluding ortho intramolecular Hbond substituents is 1. The number of aromatic hydroxyl groups is 1. The van der Waals surface area contributed by atoms with Gasteiger partial charge in [0.1, 0.15) is 17.2 Å². The Morgan fingerprint density at radius 3 is 2.24 bits per heavy atom. The van der Waals surface area contributed by atoms with Gasteiger partial charge in [0.05, 0.1) is 18.7 Å². The highest BCUT2D eigenvalue weighted by Crippen LogP contribution is 2.27. The van der Waals surface area contributed by atoms with Gasteiger partial charge in [0.2, 0.25) is 0 Å². The standard InChI is InChI=1S/C15H14BrNO4/c1-20-11-6-10(7-12(8-11)21-2)17-15(19)9-3-4-13(16)14(18)5-9/h3-8,18H,1-2H3,(H,17,19). The van der Waals surface area contributed by atoms with Crippen molar-refractivity contribution >= 4 is 27.5 Å². The van der Waals surface area contributed by atoms with Crippen LogP contribution in [0.3, 0.4) is 0 Å². The van der Waals surface area contributed by atoms with Crippen molar-refractivity contribution in [2.45, 2.75) is 0 Å². The number of amides is 1. The molecule has 0 aliphatic carbocycles. The van der Waals surface area contributed by atoms with Gasteiger partial charge >= 0.3 is 0 Å². The first-order valence-corrected chi connectivity index (χ1v) is 6.85. The molecule has 0 aliphatic rings. The van der Waals surface area contributed by atoms with E-state index in [4.69, 9.17) is 9.47 Å². The number of carbonyl (C=O) groups excluding carboxylic acids is 1. The lowest BCUT2D eigenvalue weighted by Gasteiger charge is -2.10. The first kappa shape index (κ1) is 15.2. The Bertz CT molecular complexity index is 650. The molecule has 0 heterocycles. The number of carbonyl (C=O) groups is 1. The highest BCUT2D eigenvalue weighted by Gasteiger charge is 2.10. The molecule has 1 amide bonds. The van der Waals surface area contributed by atoms with Crippen LogP contribution in [0.2, 0.25) is 0 Å². The summed E-state index contributed by atoms with van der Waals surface area (Å²) >= 11 is 3.17. The van der Waals surface area contributed by atoms with Crippen LogP contribution in [0.15, 0.2) is 40.9 Å². The molecule has 0 aliphatic heterocycles. The molecule has 21 heavy (non-hydrogen) atoms. The SMILES string of the molecule is COc1cc(NC(=O)c2ccc(Br)c(O)c2)cc(OC)c1. The number of hydrogen-bond donors (Lipinski definition) is 2. The number of hydrogen-bond acceptors (Lipinski definition) is 4. The summed E-state index contributed by atoms with van der Waals surface area (Å²) in [6.07, 6.45) is 0. The maximum absolute atomic E-state index is 12.2. The topological polar surface area (TPSA) is 67.8 Å². The van der Waals surface area contributed by atoms with Crippen LogP contribution >= 0.6 is 15.9 Å². The summed E-state index contributed by atoms with van der Waals surface area (Å²) in [5.74, 6) is 0.811. The van der Waals surface area contributed by atoms with Gasteiger partial charge in [-0.3, -0.25) is 4.79 Å². The summed E-state index contributed by atoms with van der Waals surface area (Å²) in [6.45, 7) is 0. The zero-order valence-electron chi connectivity index (χ0n) is 11.5. The minimum Gasteiger partial charge on any atom is -0.507 e. The van der Waals surface area contributed by atoms with Crippen LogP contribution < -0.4 is 14.8 Å². The molecule has 2 aromatic carbocycles. The number of ether oxygens (including phenoxy) is 2. The molecular weight excluding hydrogens is 338 g/mol. The van der Waals surface area contributed by atoms with Crippen LogP contribution in [-0.4, -0.2) is 25.2 Å². The molecule has 0 fully saturated rings. The summed E-state index contributed by atoms with van der Waals surface area (Å²) in [4.78, 5) is 12.2. The van der Waals surface area contributed by atoms with E-state index in [0.29, 0.717) is 27.2 Å². The highest BCUT2D eigenvalue weighted by molar-refractivity contribution is 9.10. The van der Waals surface area contributed by atoms with E-state index in [1.165, 1.54) is 20.3 Å². The van der Waals surface area contributed by atoms with E-state index in [-0.39, 0.29) is 11.7 Å². The Labute approximate surface area is 130 Å². The molecule has 0 atom stereocenters. The first-order chi connectivity index (χ1) is 10.0. The van der Waals surface area contributed by atoms with Gasteiger partial charge in [0.25, 0.3) is 5.91 Å². The second kappa shape index (κ2) is 6.49. The Morgan fingerprint density at radius 1 is 1.10 bits per heavy atom. The van der Waals surface area contributed by atoms with Gasteiger partial charge in [-0.1, -0.05) is 0 Å². The Kier molecular flexibility index (Phi) is 4.70. The molecule has 110 valence electrons. The van der Waals surface area contributed by atoms with E-state index in [1.54, 1.807) is 30.3 Å². The lowest BCUT2D eigenvalue weighted by atomic mass is 10.2. The highest BCUT2D eigenvalue weighted by atomic mass is 79.9. The summed E-state index contributed by atoms with van der Waals surface area (Å²) in [5.41, 5.74) is 0.885. The minimum absolute atomic E-state index is 0.00544. The molecule has 0 aromatic heterocycles. The van der Waals surface area contributed by atoms with Gasteiger partial charge in [0.15, 0.2) is 0 Å². The van der Waals surface area contributed by atoms with Crippen molar-refractivity contribution in [3.63, 3.8) is 0 Å². The third kappa shape index (κ3) is 3.66. The minimum atomic E-state index is -0.340. The Hall–Kier alpha value is -2.21. The average Bonchev–Trinajstić information content (AvgIpc) is 2.49. The monoisotopic (exact) mass is 351 g/mol. The van der Waals surface area contributed by atoms with E-state index in [2.05, 4.69) is 21.2 Å². The molecule has 0 unspecified atom stereocenters. The maximum atomic E-state index is 12.2. The van der Waals surface area contributed by atoms with Crippen molar-refractivity contribution in [1.82, 2.24) is 0 Å². The van der Waals surface area contributed by atoms with Crippen LogP contribution in [-0.2, 0) is 0 Å². The smallest absolute Gasteiger partial charge is 0.255 e. The molecule has 2 N–H and O–H groups in total. The van der Waals surface area contributed by atoms with Crippen molar-refractivity contribution in [3.8, 4) is 17.2 Å². The molecule has 0 saturated carbocycles. The zero-order valence-corrected chi connectivity index (χ0v) is 13.1. The second-order valence-corrected chi connectivity index (χ2v) is 5.08. The fourth-order valence-electron chi connectivity index (χ4n) is 1.74. The summed E-state index contributed by atoms with van der Waals surface area (Å²) in [5, 5.41) is 12.3. The molecule has 2 rings (SSSR count). The fraction of sp³-hybridized carbons (Fsp3) is 0.133. The summed E-state index contributed by atoms with van der Waals surface area (Å²) in [7, 11) is 3.07. The Morgan fingerprint density at radius 2 is 1.71 bits per heavy atom. The van der Waals surface area contributed by atoms with Gasteiger partial charge in [0, 0.05) is 29.4 Å². The Balaban J connectivity index is 2.24. The van der Waals surface area contributed by atoms with E-state index < -0.39 is 0 Å². The predicted octanol–water partition coefficient (Wildman–Crippen LogP) is 3.42. The molecule has 0 bridgehead atoms. The first-order valence-electron chi connectivity index (χ1n) is 6.06. The third-order valence-electron chi connectivity index (χ3n) is 2.82. The number of methoxy groups -OCH3 is 2. The molecule has 0 spiro atoms. The molecular formula is C15H14BrNO4. The molecule has 0 radical (unpaired) electrons. The van der Waals surface area contributed by atoms with E-state index >= 15 is 0 Å². The van der Waals surface area contributed by atoms with Crippen LogP contribution in [0.5, 0.6) is 17.2 Å². The third-order valence-corrected chi connectivity index (χ3v) is 3.49. The average molecular weight is 352 g/mol. The van der Waals surface area contributed by atoms with Gasteiger partial charge in [-0.2, -0.15) is 0 Å². The lowest BCUT2D eigenvalue weighted by molar-refractivity contribution is 0.102. The van der Waals surface area contributed by atoms with E-state index in [1.807, 2.05) is 0 Å². The fourth-order valence-corrected chi connectivity index (χ4v) is 1.98. The molecule has 2 aromatic rings. The number of anilines is 1. The van der Waals surface area contributed by atoms with Crippen molar-refractivity contribution in [1.29, 1.82) is 0 Å². The summed E-state index contributed by atoms with van der Waals surface area (Å²) < 4.78 is 10.8. The van der Waals surface area contributed by atoms with E-state index in [0.717, 1.165) is 0 Å². The maximum Gasteiger partial charge on any atom is 0.255 e. The largest absolute Gasteiger partial charge is 0.507 e. The normalized spacial score (nSPS) is 10.0. The van der Waals surface area contributed by atoms with Gasteiger partial charge in [-0.25, -0.2) is 0 Å². The number of benzene rings is 2. The second-order valence-electron chi connectivity index (χ2n) is 4.22. The van der Waals surface area contributed by atoms with Crippen molar-refractivity contribution in [2.75, 3.05) is 19.5 Å². The van der Waals surface area contributed by atoms with E-state index in [9.17, 15) is 9.90 Å². The predicted molar refractivity (Wildman–Crippen MR) is 83.3 cm³/mol. The number of nitrogens with one attached hydrogen (secondary N) is 1. The van der Waals surface area contributed by atoms with Gasteiger partial charge < -0.3 is 19.9 Å². The van der Waals surface area contributed by atoms with Crippen molar-refractivity contribution < 1.29 is 19.4 Å². The lowest BCUT2D eigenvalue weighted by Crippen LogP contribution is -2.12. The molecule has 6 heteroatoms. The van der Waals surface area contributed by atoms with Gasteiger partial charge in [-0.05, 0) is 34.1 Å². The number of rotatable bonds is 4.